The number of para-hydroxylation sites is 1. The van der Waals surface area contributed by atoms with Gasteiger partial charge in [0, 0.05) is 19.9 Å². The number of nitrogens with zero attached hydrogens (tertiary/aromatic N) is 4. The highest BCUT2D eigenvalue weighted by Gasteiger charge is 2.23. The number of H-pyrrole nitrogens is 1. The monoisotopic (exact) mass is 435 g/mol. The summed E-state index contributed by atoms with van der Waals surface area (Å²) in [5.41, 5.74) is 1.72. The molecule has 1 aromatic carbocycles. The Morgan fingerprint density at radius 1 is 1.16 bits per heavy atom. The standard InChI is InChI=1S/C22H21N5O3S/c1-14-19(31-21(24-14)17-9-5-6-10-23-17)22(29)27(11-12-30-2)13-18-25-16-8-4-3-7-15(16)20(28)26-18/h3-10H,11-13H2,1-2H3,(H,25,26,28). The number of aromatic amines is 1. The van der Waals surface area contributed by atoms with E-state index in [4.69, 9.17) is 4.74 Å². The van der Waals surface area contributed by atoms with Crippen LogP contribution in [-0.2, 0) is 11.3 Å². The van der Waals surface area contributed by atoms with E-state index in [1.54, 1.807) is 43.3 Å². The molecule has 158 valence electrons. The zero-order valence-electron chi connectivity index (χ0n) is 17.2. The van der Waals surface area contributed by atoms with Crippen LogP contribution in [0.2, 0.25) is 0 Å². The first-order valence-electron chi connectivity index (χ1n) is 9.72. The Labute approximate surface area is 182 Å². The van der Waals surface area contributed by atoms with Crippen LogP contribution in [0.1, 0.15) is 21.2 Å². The van der Waals surface area contributed by atoms with Crippen molar-refractivity contribution in [1.82, 2.24) is 24.8 Å². The number of carbonyl (C=O) groups is 1. The molecular formula is C22H21N5O3S. The van der Waals surface area contributed by atoms with Crippen molar-refractivity contribution >= 4 is 28.1 Å². The van der Waals surface area contributed by atoms with Gasteiger partial charge in [-0.2, -0.15) is 0 Å². The Hall–Kier alpha value is -3.43. The molecular weight excluding hydrogens is 414 g/mol. The largest absolute Gasteiger partial charge is 0.383 e. The molecule has 0 aliphatic heterocycles. The molecule has 0 saturated carbocycles. The summed E-state index contributed by atoms with van der Waals surface area (Å²) in [6.45, 7) is 2.66. The highest BCUT2D eigenvalue weighted by atomic mass is 32.1. The summed E-state index contributed by atoms with van der Waals surface area (Å²) in [5, 5.41) is 1.20. The van der Waals surface area contributed by atoms with Gasteiger partial charge in [-0.1, -0.05) is 18.2 Å². The second-order valence-electron chi connectivity index (χ2n) is 6.90. The third kappa shape index (κ3) is 4.52. The second-order valence-corrected chi connectivity index (χ2v) is 7.90. The van der Waals surface area contributed by atoms with Crippen molar-refractivity contribution in [2.75, 3.05) is 20.3 Å². The maximum atomic E-state index is 13.4. The maximum Gasteiger partial charge on any atom is 0.266 e. The Balaban J connectivity index is 1.65. The lowest BCUT2D eigenvalue weighted by molar-refractivity contribution is 0.0679. The number of rotatable bonds is 7. The predicted molar refractivity (Wildman–Crippen MR) is 119 cm³/mol. The number of pyridine rings is 1. The van der Waals surface area contributed by atoms with Gasteiger partial charge in [-0.25, -0.2) is 9.97 Å². The number of thiazole rings is 1. The van der Waals surface area contributed by atoms with Gasteiger partial charge in [0.15, 0.2) is 0 Å². The van der Waals surface area contributed by atoms with Crippen LogP contribution < -0.4 is 5.56 Å². The van der Waals surface area contributed by atoms with Gasteiger partial charge in [-0.05, 0) is 31.2 Å². The number of methoxy groups -OCH3 is 1. The van der Waals surface area contributed by atoms with Crippen molar-refractivity contribution in [3.05, 3.63) is 75.4 Å². The van der Waals surface area contributed by atoms with E-state index >= 15 is 0 Å². The second kappa shape index (κ2) is 9.15. The van der Waals surface area contributed by atoms with Crippen molar-refractivity contribution in [2.45, 2.75) is 13.5 Å². The molecule has 0 fully saturated rings. The molecule has 0 aliphatic rings. The highest BCUT2D eigenvalue weighted by Crippen LogP contribution is 2.27. The van der Waals surface area contributed by atoms with E-state index in [9.17, 15) is 9.59 Å². The Morgan fingerprint density at radius 3 is 2.74 bits per heavy atom. The van der Waals surface area contributed by atoms with E-state index < -0.39 is 0 Å². The number of hydrogen-bond donors (Lipinski definition) is 1. The highest BCUT2D eigenvalue weighted by molar-refractivity contribution is 7.17. The minimum absolute atomic E-state index is 0.151. The fourth-order valence-corrected chi connectivity index (χ4v) is 4.19. The first kappa shape index (κ1) is 20.8. The lowest BCUT2D eigenvalue weighted by atomic mass is 10.2. The topological polar surface area (TPSA) is 101 Å². The maximum absolute atomic E-state index is 13.4. The summed E-state index contributed by atoms with van der Waals surface area (Å²) in [6.07, 6.45) is 1.69. The molecule has 31 heavy (non-hydrogen) atoms. The van der Waals surface area contributed by atoms with Gasteiger partial charge in [0.05, 0.1) is 35.4 Å². The van der Waals surface area contributed by atoms with E-state index in [0.29, 0.717) is 45.5 Å². The molecule has 1 amide bonds. The van der Waals surface area contributed by atoms with E-state index in [1.807, 2.05) is 24.3 Å². The van der Waals surface area contributed by atoms with Crippen LogP contribution in [0.4, 0.5) is 0 Å². The van der Waals surface area contributed by atoms with E-state index in [1.165, 1.54) is 11.3 Å². The number of fused-ring (bicyclic) bond motifs is 1. The van der Waals surface area contributed by atoms with Crippen LogP contribution in [0.3, 0.4) is 0 Å². The quantitative estimate of drug-likeness (QED) is 0.479. The average molecular weight is 436 g/mol. The summed E-state index contributed by atoms with van der Waals surface area (Å²) in [7, 11) is 1.58. The lowest BCUT2D eigenvalue weighted by Crippen LogP contribution is -2.34. The number of nitrogens with one attached hydrogen (secondary N) is 1. The van der Waals surface area contributed by atoms with Gasteiger partial charge in [-0.15, -0.1) is 11.3 Å². The van der Waals surface area contributed by atoms with Gasteiger partial charge < -0.3 is 14.6 Å². The van der Waals surface area contributed by atoms with E-state index in [-0.39, 0.29) is 18.0 Å². The van der Waals surface area contributed by atoms with Crippen molar-refractivity contribution in [2.24, 2.45) is 0 Å². The smallest absolute Gasteiger partial charge is 0.266 e. The van der Waals surface area contributed by atoms with Gasteiger partial charge in [0.1, 0.15) is 15.7 Å². The SMILES string of the molecule is COCCN(Cc1nc2ccccc2c(=O)[nH]1)C(=O)c1sc(-c2ccccn2)nc1C. The Morgan fingerprint density at radius 2 is 1.97 bits per heavy atom. The summed E-state index contributed by atoms with van der Waals surface area (Å²) in [5.74, 6) is 0.227. The third-order valence-electron chi connectivity index (χ3n) is 4.73. The molecule has 0 atom stereocenters. The van der Waals surface area contributed by atoms with Crippen molar-refractivity contribution in [1.29, 1.82) is 0 Å². The molecule has 1 N–H and O–H groups in total. The fourth-order valence-electron chi connectivity index (χ4n) is 3.18. The number of hydrogen-bond acceptors (Lipinski definition) is 7. The molecule has 0 unspecified atom stereocenters. The summed E-state index contributed by atoms with van der Waals surface area (Å²) < 4.78 is 5.19. The molecule has 4 rings (SSSR count). The van der Waals surface area contributed by atoms with Crippen LogP contribution in [0.25, 0.3) is 21.6 Å². The minimum Gasteiger partial charge on any atom is -0.383 e. The normalized spacial score (nSPS) is 11.0. The molecule has 0 spiro atoms. The van der Waals surface area contributed by atoms with Crippen LogP contribution in [0.5, 0.6) is 0 Å². The molecule has 3 heterocycles. The molecule has 0 saturated heterocycles. The van der Waals surface area contributed by atoms with Gasteiger partial charge in [-0.3, -0.25) is 14.6 Å². The van der Waals surface area contributed by atoms with E-state index in [2.05, 4.69) is 19.9 Å². The predicted octanol–water partition coefficient (Wildman–Crippen LogP) is 3.04. The van der Waals surface area contributed by atoms with E-state index in [0.717, 1.165) is 5.69 Å². The van der Waals surface area contributed by atoms with Gasteiger partial charge in [0.2, 0.25) is 0 Å². The van der Waals surface area contributed by atoms with Crippen LogP contribution in [0, 0.1) is 6.92 Å². The van der Waals surface area contributed by atoms with Crippen molar-refractivity contribution in [3.8, 4) is 10.7 Å². The molecule has 3 aromatic heterocycles. The molecule has 0 bridgehead atoms. The van der Waals surface area contributed by atoms with Crippen LogP contribution in [0.15, 0.2) is 53.5 Å². The number of aromatic nitrogens is 4. The van der Waals surface area contributed by atoms with Gasteiger partial charge in [0.25, 0.3) is 11.5 Å². The molecule has 9 heteroatoms. The molecule has 0 radical (unpaired) electrons. The summed E-state index contributed by atoms with van der Waals surface area (Å²) >= 11 is 1.30. The van der Waals surface area contributed by atoms with Crippen molar-refractivity contribution < 1.29 is 9.53 Å². The zero-order chi connectivity index (χ0) is 21.8. The Kier molecular flexibility index (Phi) is 6.15. The number of benzene rings is 1. The average Bonchev–Trinajstić information content (AvgIpc) is 3.18. The Bertz CT molecular complexity index is 1270. The lowest BCUT2D eigenvalue weighted by Gasteiger charge is -2.21. The van der Waals surface area contributed by atoms with Gasteiger partial charge >= 0.3 is 0 Å². The first-order chi connectivity index (χ1) is 15.1. The number of ether oxygens (including phenoxy) is 1. The zero-order valence-corrected chi connectivity index (χ0v) is 18.0. The number of amides is 1. The first-order valence-corrected chi connectivity index (χ1v) is 10.5. The molecule has 0 aliphatic carbocycles. The third-order valence-corrected chi connectivity index (χ3v) is 5.90. The minimum atomic E-state index is -0.230. The summed E-state index contributed by atoms with van der Waals surface area (Å²) in [4.78, 5) is 44.1. The molecule has 4 aromatic rings. The molecule has 8 nitrogen and oxygen atoms in total. The number of carbonyl (C=O) groups excluding carboxylic acids is 1. The summed E-state index contributed by atoms with van der Waals surface area (Å²) in [6, 6.07) is 12.7. The van der Waals surface area contributed by atoms with Crippen LogP contribution >= 0.6 is 11.3 Å². The fraction of sp³-hybridized carbons (Fsp3) is 0.227. The van der Waals surface area contributed by atoms with Crippen LogP contribution in [-0.4, -0.2) is 51.0 Å². The van der Waals surface area contributed by atoms with Crippen molar-refractivity contribution in [3.63, 3.8) is 0 Å². The number of aryl methyl sites for hydroxylation is 1.